The molecule has 0 heterocycles. The van der Waals surface area contributed by atoms with Gasteiger partial charge < -0.3 is 14.8 Å². The molecule has 3 atom stereocenters. The highest BCUT2D eigenvalue weighted by Crippen LogP contribution is 2.30. The van der Waals surface area contributed by atoms with Crippen LogP contribution in [-0.4, -0.2) is 59.4 Å². The van der Waals surface area contributed by atoms with Crippen LogP contribution in [0.5, 0.6) is 0 Å². The van der Waals surface area contributed by atoms with E-state index in [0.29, 0.717) is 25.7 Å². The Morgan fingerprint density at radius 1 is 1.29 bits per heavy atom. The second kappa shape index (κ2) is 9.77. The zero-order chi connectivity index (χ0) is 15.7. The van der Waals surface area contributed by atoms with Crippen molar-refractivity contribution in [2.75, 3.05) is 39.7 Å². The van der Waals surface area contributed by atoms with Crippen LogP contribution >= 0.6 is 0 Å². The second-order valence-corrected chi connectivity index (χ2v) is 8.33. The van der Waals surface area contributed by atoms with Gasteiger partial charge in [0.25, 0.3) is 0 Å². The van der Waals surface area contributed by atoms with E-state index in [2.05, 4.69) is 12.2 Å². The number of ether oxygens (including phenoxy) is 2. The fraction of sp³-hybridized carbons (Fsp3) is 1.00. The molecule has 0 radical (unpaired) electrons. The summed E-state index contributed by atoms with van der Waals surface area (Å²) in [7, 11) is -1.27. The summed E-state index contributed by atoms with van der Waals surface area (Å²) in [6.45, 7) is 4.89. The Balaban J connectivity index is 2.55. The molecular formula is C15H31NO4S. The lowest BCUT2D eigenvalue weighted by molar-refractivity contribution is 0.0451. The summed E-state index contributed by atoms with van der Waals surface area (Å²) in [4.78, 5) is 0. The molecule has 21 heavy (non-hydrogen) atoms. The second-order valence-electron chi connectivity index (χ2n) is 6.01. The Kier molecular flexibility index (Phi) is 8.78. The minimum Gasteiger partial charge on any atom is -0.382 e. The number of rotatable bonds is 10. The maximum Gasteiger partial charge on any atom is 0.150 e. The fourth-order valence-electron chi connectivity index (χ4n) is 2.98. The molecule has 0 aliphatic heterocycles. The van der Waals surface area contributed by atoms with Gasteiger partial charge in [-0.05, 0) is 38.1 Å². The van der Waals surface area contributed by atoms with Gasteiger partial charge in [-0.2, -0.15) is 0 Å². The lowest BCUT2D eigenvalue weighted by Crippen LogP contribution is -2.44. The molecule has 0 amide bonds. The molecule has 1 fully saturated rings. The van der Waals surface area contributed by atoms with Gasteiger partial charge in [-0.15, -0.1) is 0 Å². The highest BCUT2D eigenvalue weighted by molar-refractivity contribution is 7.91. The van der Waals surface area contributed by atoms with Gasteiger partial charge in [0.15, 0.2) is 0 Å². The van der Waals surface area contributed by atoms with Crippen LogP contribution < -0.4 is 5.32 Å². The van der Waals surface area contributed by atoms with Gasteiger partial charge in [0.2, 0.25) is 0 Å². The van der Waals surface area contributed by atoms with E-state index in [-0.39, 0.29) is 11.3 Å². The van der Waals surface area contributed by atoms with Gasteiger partial charge in [-0.25, -0.2) is 8.42 Å². The van der Waals surface area contributed by atoms with E-state index in [9.17, 15) is 8.42 Å². The predicted molar refractivity (Wildman–Crippen MR) is 85.4 cm³/mol. The Labute approximate surface area is 129 Å². The SMILES string of the molecule is CCCNC(COCCOC)C1CCCC(S(C)(=O)=O)C1. The van der Waals surface area contributed by atoms with E-state index in [1.807, 2.05) is 0 Å². The number of sulfone groups is 1. The van der Waals surface area contributed by atoms with Crippen LogP contribution in [0.25, 0.3) is 0 Å². The van der Waals surface area contributed by atoms with Crippen molar-refractivity contribution in [3.05, 3.63) is 0 Å². The zero-order valence-electron chi connectivity index (χ0n) is 13.6. The topological polar surface area (TPSA) is 64.6 Å². The predicted octanol–water partition coefficient (Wildman–Crippen LogP) is 1.62. The summed E-state index contributed by atoms with van der Waals surface area (Å²) in [6.07, 6.45) is 6.07. The van der Waals surface area contributed by atoms with Gasteiger partial charge in [0.05, 0.1) is 25.1 Å². The summed E-state index contributed by atoms with van der Waals surface area (Å²) < 4.78 is 34.3. The van der Waals surface area contributed by atoms with Crippen molar-refractivity contribution < 1.29 is 17.9 Å². The van der Waals surface area contributed by atoms with E-state index in [0.717, 1.165) is 38.6 Å². The quantitative estimate of drug-likeness (QED) is 0.620. The fourth-order valence-corrected chi connectivity index (χ4v) is 4.17. The first-order chi connectivity index (χ1) is 9.99. The summed E-state index contributed by atoms with van der Waals surface area (Å²) in [5.74, 6) is 0.382. The van der Waals surface area contributed by atoms with Crippen molar-refractivity contribution in [2.45, 2.75) is 50.3 Å². The molecule has 1 rings (SSSR count). The van der Waals surface area contributed by atoms with Gasteiger partial charge in [0.1, 0.15) is 9.84 Å². The molecule has 126 valence electrons. The van der Waals surface area contributed by atoms with Gasteiger partial charge in [-0.1, -0.05) is 13.3 Å². The molecule has 6 heteroatoms. The highest BCUT2D eigenvalue weighted by atomic mass is 32.2. The lowest BCUT2D eigenvalue weighted by atomic mass is 9.83. The van der Waals surface area contributed by atoms with Crippen molar-refractivity contribution in [3.8, 4) is 0 Å². The third kappa shape index (κ3) is 7.08. The molecule has 1 aliphatic rings. The molecule has 0 bridgehead atoms. The van der Waals surface area contributed by atoms with Crippen molar-refractivity contribution in [3.63, 3.8) is 0 Å². The summed E-state index contributed by atoms with van der Waals surface area (Å²) in [5, 5.41) is 3.35. The first-order valence-electron chi connectivity index (χ1n) is 7.98. The summed E-state index contributed by atoms with van der Waals surface area (Å²) >= 11 is 0. The molecule has 0 saturated heterocycles. The third-order valence-corrected chi connectivity index (χ3v) is 5.87. The molecular weight excluding hydrogens is 290 g/mol. The molecule has 5 nitrogen and oxygen atoms in total. The highest BCUT2D eigenvalue weighted by Gasteiger charge is 2.32. The molecule has 3 unspecified atom stereocenters. The maximum atomic E-state index is 11.8. The number of hydrogen-bond acceptors (Lipinski definition) is 5. The van der Waals surface area contributed by atoms with Crippen LogP contribution in [0, 0.1) is 5.92 Å². The smallest absolute Gasteiger partial charge is 0.150 e. The number of methoxy groups -OCH3 is 1. The molecule has 1 saturated carbocycles. The standard InChI is InChI=1S/C15H31NO4S/c1-4-8-16-15(12-20-10-9-19-2)13-6-5-7-14(11-13)21(3,17)18/h13-16H,4-12H2,1-3H3. The van der Waals surface area contributed by atoms with Crippen molar-refractivity contribution >= 4 is 9.84 Å². The van der Waals surface area contributed by atoms with Crippen LogP contribution in [0.2, 0.25) is 0 Å². The zero-order valence-corrected chi connectivity index (χ0v) is 14.5. The number of nitrogens with one attached hydrogen (secondary N) is 1. The van der Waals surface area contributed by atoms with E-state index < -0.39 is 9.84 Å². The van der Waals surface area contributed by atoms with Crippen molar-refractivity contribution in [2.24, 2.45) is 5.92 Å². The molecule has 0 spiro atoms. The molecule has 1 aliphatic carbocycles. The van der Waals surface area contributed by atoms with Gasteiger partial charge in [-0.3, -0.25) is 0 Å². The minimum atomic E-state index is -2.93. The monoisotopic (exact) mass is 321 g/mol. The Bertz CT molecular complexity index is 372. The molecule has 0 aromatic heterocycles. The Morgan fingerprint density at radius 3 is 2.67 bits per heavy atom. The Morgan fingerprint density at radius 2 is 2.05 bits per heavy atom. The minimum absolute atomic E-state index is 0.179. The van der Waals surface area contributed by atoms with Crippen LogP contribution in [0.15, 0.2) is 0 Å². The average Bonchev–Trinajstić information content (AvgIpc) is 2.46. The largest absolute Gasteiger partial charge is 0.382 e. The van der Waals surface area contributed by atoms with E-state index in [4.69, 9.17) is 9.47 Å². The normalized spacial score (nSPS) is 24.9. The molecule has 0 aromatic rings. The number of hydrogen-bond donors (Lipinski definition) is 1. The first-order valence-corrected chi connectivity index (χ1v) is 9.93. The average molecular weight is 321 g/mol. The first kappa shape index (κ1) is 18.9. The van der Waals surface area contributed by atoms with Crippen LogP contribution in [0.1, 0.15) is 39.0 Å². The third-order valence-electron chi connectivity index (χ3n) is 4.23. The van der Waals surface area contributed by atoms with Crippen molar-refractivity contribution in [1.29, 1.82) is 0 Å². The molecule has 1 N–H and O–H groups in total. The van der Waals surface area contributed by atoms with Crippen LogP contribution in [0.4, 0.5) is 0 Å². The van der Waals surface area contributed by atoms with E-state index >= 15 is 0 Å². The van der Waals surface area contributed by atoms with Gasteiger partial charge >= 0.3 is 0 Å². The molecule has 0 aromatic carbocycles. The summed E-state index contributed by atoms with van der Waals surface area (Å²) in [6, 6.07) is 0.242. The van der Waals surface area contributed by atoms with Crippen LogP contribution in [0.3, 0.4) is 0 Å². The summed E-state index contributed by atoms with van der Waals surface area (Å²) in [5.41, 5.74) is 0. The van der Waals surface area contributed by atoms with Crippen LogP contribution in [-0.2, 0) is 19.3 Å². The van der Waals surface area contributed by atoms with Crippen molar-refractivity contribution in [1.82, 2.24) is 5.32 Å². The Hall–Kier alpha value is -0.170. The lowest BCUT2D eigenvalue weighted by Gasteiger charge is -2.34. The van der Waals surface area contributed by atoms with Gasteiger partial charge in [0, 0.05) is 19.4 Å². The maximum absolute atomic E-state index is 11.8. The van der Waals surface area contributed by atoms with E-state index in [1.54, 1.807) is 7.11 Å². The van der Waals surface area contributed by atoms with E-state index in [1.165, 1.54) is 6.26 Å².